The Morgan fingerprint density at radius 1 is 1.00 bits per heavy atom. The fraction of sp³-hybridized carbons (Fsp3) is 0.154. The van der Waals surface area contributed by atoms with E-state index in [2.05, 4.69) is 15.3 Å². The lowest BCUT2D eigenvalue weighted by molar-refractivity contribution is -0.113. The van der Waals surface area contributed by atoms with Crippen molar-refractivity contribution in [2.24, 2.45) is 0 Å². The summed E-state index contributed by atoms with van der Waals surface area (Å²) in [4.78, 5) is 20.4. The van der Waals surface area contributed by atoms with E-state index in [4.69, 9.17) is 9.47 Å². The van der Waals surface area contributed by atoms with Gasteiger partial charge in [0.15, 0.2) is 5.03 Å². The predicted octanol–water partition coefficient (Wildman–Crippen LogP) is 4.97. The van der Waals surface area contributed by atoms with Crippen molar-refractivity contribution in [2.45, 2.75) is 21.9 Å². The maximum atomic E-state index is 13.5. The van der Waals surface area contributed by atoms with E-state index in [1.165, 1.54) is 14.2 Å². The average molecular weight is 524 g/mol. The minimum Gasteiger partial charge on any atom is -0.497 e. The molecule has 4 rings (SSSR count). The van der Waals surface area contributed by atoms with Gasteiger partial charge >= 0.3 is 0 Å². The molecule has 0 atom stereocenters. The molecule has 0 bridgehead atoms. The first kappa shape index (κ1) is 25.3. The maximum absolute atomic E-state index is 13.5. The van der Waals surface area contributed by atoms with Gasteiger partial charge in [-0.2, -0.15) is 0 Å². The second kappa shape index (κ2) is 10.9. The molecule has 0 unspecified atom stereocenters. The number of imidazole rings is 1. The van der Waals surface area contributed by atoms with Crippen molar-refractivity contribution in [3.63, 3.8) is 0 Å². The second-order valence-corrected chi connectivity index (χ2v) is 10.7. The molecule has 0 aliphatic heterocycles. The zero-order valence-corrected chi connectivity index (χ0v) is 21.6. The van der Waals surface area contributed by atoms with E-state index in [0.29, 0.717) is 23.0 Å². The highest BCUT2D eigenvalue weighted by Gasteiger charge is 2.27. The van der Waals surface area contributed by atoms with Crippen LogP contribution in [0.4, 0.5) is 5.69 Å². The Balaban J connectivity index is 1.63. The van der Waals surface area contributed by atoms with E-state index >= 15 is 0 Å². The first-order valence-electron chi connectivity index (χ1n) is 10.9. The van der Waals surface area contributed by atoms with Crippen molar-refractivity contribution in [3.8, 4) is 22.9 Å². The molecule has 1 amide bonds. The molecule has 186 valence electrons. The van der Waals surface area contributed by atoms with Crippen molar-refractivity contribution >= 4 is 33.2 Å². The Hall–Kier alpha value is -3.76. The van der Waals surface area contributed by atoms with Crippen LogP contribution in [0.25, 0.3) is 11.4 Å². The molecule has 0 saturated carbocycles. The summed E-state index contributed by atoms with van der Waals surface area (Å²) in [6.45, 7) is 1.89. The standard InChI is InChI=1S/C26H25N3O5S2/c1-17-9-12-20(13-10-17)36(31,32)26-25(28-24(29-26)18-7-5-4-6-8-18)35-16-23(30)27-21-15-19(33-2)11-14-22(21)34-3/h4-15H,16H2,1-3H3,(H,27,30)(H,28,29). The van der Waals surface area contributed by atoms with Crippen LogP contribution in [0, 0.1) is 6.92 Å². The molecular weight excluding hydrogens is 498 g/mol. The highest BCUT2D eigenvalue weighted by atomic mass is 32.2. The molecule has 3 aromatic carbocycles. The minimum absolute atomic E-state index is 0.0537. The topological polar surface area (TPSA) is 110 Å². The third-order valence-corrected chi connectivity index (χ3v) is 8.14. The lowest BCUT2D eigenvalue weighted by Crippen LogP contribution is -2.15. The quantitative estimate of drug-likeness (QED) is 0.298. The molecule has 2 N–H and O–H groups in total. The van der Waals surface area contributed by atoms with Gasteiger partial charge in [-0.05, 0) is 31.2 Å². The highest BCUT2D eigenvalue weighted by molar-refractivity contribution is 8.00. The van der Waals surface area contributed by atoms with Gasteiger partial charge in [0.1, 0.15) is 22.3 Å². The molecule has 10 heteroatoms. The van der Waals surface area contributed by atoms with Crippen molar-refractivity contribution in [1.82, 2.24) is 9.97 Å². The summed E-state index contributed by atoms with van der Waals surface area (Å²) >= 11 is 1.03. The number of amides is 1. The third kappa shape index (κ3) is 5.55. The SMILES string of the molecule is COc1ccc(OC)c(NC(=O)CSc2nc(-c3ccccc3)[nH]c2S(=O)(=O)c2ccc(C)cc2)c1. The fourth-order valence-corrected chi connectivity index (χ4v) is 5.84. The Bertz CT molecular complexity index is 1470. The average Bonchev–Trinajstić information content (AvgIpc) is 3.33. The van der Waals surface area contributed by atoms with Gasteiger partial charge in [0.05, 0.1) is 30.6 Å². The van der Waals surface area contributed by atoms with Gasteiger partial charge < -0.3 is 19.8 Å². The molecule has 0 saturated heterocycles. The van der Waals surface area contributed by atoms with E-state index < -0.39 is 9.84 Å². The number of carbonyl (C=O) groups excluding carboxylic acids is 1. The molecule has 0 spiro atoms. The number of aromatic amines is 1. The number of hydrogen-bond acceptors (Lipinski definition) is 7. The third-order valence-electron chi connectivity index (χ3n) is 5.31. The Labute approximate surface area is 214 Å². The predicted molar refractivity (Wildman–Crippen MR) is 140 cm³/mol. The van der Waals surface area contributed by atoms with Gasteiger partial charge in [-0.1, -0.05) is 59.8 Å². The lowest BCUT2D eigenvalue weighted by Gasteiger charge is -2.11. The van der Waals surface area contributed by atoms with Crippen LogP contribution in [0.3, 0.4) is 0 Å². The van der Waals surface area contributed by atoms with Crippen LogP contribution in [-0.4, -0.2) is 44.3 Å². The second-order valence-electron chi connectivity index (χ2n) is 7.81. The minimum atomic E-state index is -3.91. The van der Waals surface area contributed by atoms with Crippen LogP contribution < -0.4 is 14.8 Å². The number of aryl methyl sites for hydroxylation is 1. The molecule has 0 aliphatic carbocycles. The summed E-state index contributed by atoms with van der Waals surface area (Å²) in [5.74, 6) is 1.01. The normalized spacial score (nSPS) is 11.2. The van der Waals surface area contributed by atoms with E-state index in [1.807, 2.05) is 37.3 Å². The molecular formula is C26H25N3O5S2. The Morgan fingerprint density at radius 2 is 1.72 bits per heavy atom. The molecule has 0 fully saturated rings. The van der Waals surface area contributed by atoms with Crippen molar-refractivity contribution in [2.75, 3.05) is 25.3 Å². The number of benzene rings is 3. The van der Waals surface area contributed by atoms with E-state index in [1.54, 1.807) is 42.5 Å². The van der Waals surface area contributed by atoms with Crippen LogP contribution in [-0.2, 0) is 14.6 Å². The summed E-state index contributed by atoms with van der Waals surface area (Å²) in [5.41, 5.74) is 2.13. The van der Waals surface area contributed by atoms with Crippen LogP contribution in [0.5, 0.6) is 11.5 Å². The summed E-state index contributed by atoms with van der Waals surface area (Å²) in [5, 5.41) is 2.95. The molecule has 36 heavy (non-hydrogen) atoms. The molecule has 0 aliphatic rings. The number of sulfone groups is 1. The number of hydrogen-bond donors (Lipinski definition) is 2. The number of H-pyrrole nitrogens is 1. The molecule has 1 aromatic heterocycles. The Kier molecular flexibility index (Phi) is 7.66. The van der Waals surface area contributed by atoms with Gasteiger partial charge in [0.2, 0.25) is 15.7 Å². The van der Waals surface area contributed by atoms with Gasteiger partial charge in [0, 0.05) is 11.6 Å². The van der Waals surface area contributed by atoms with E-state index in [-0.39, 0.29) is 26.6 Å². The number of anilines is 1. The van der Waals surface area contributed by atoms with Crippen molar-refractivity contribution in [1.29, 1.82) is 0 Å². The van der Waals surface area contributed by atoms with Gasteiger partial charge in [-0.25, -0.2) is 13.4 Å². The van der Waals surface area contributed by atoms with E-state index in [9.17, 15) is 13.2 Å². The van der Waals surface area contributed by atoms with Crippen LogP contribution in [0.1, 0.15) is 5.56 Å². The first-order chi connectivity index (χ1) is 17.3. The smallest absolute Gasteiger partial charge is 0.234 e. The number of rotatable bonds is 9. The van der Waals surface area contributed by atoms with Gasteiger partial charge in [0.25, 0.3) is 0 Å². The molecule has 8 nitrogen and oxygen atoms in total. The summed E-state index contributed by atoms with van der Waals surface area (Å²) in [6.07, 6.45) is 0. The number of thioether (sulfide) groups is 1. The number of ether oxygens (including phenoxy) is 2. The summed E-state index contributed by atoms with van der Waals surface area (Å²) < 4.78 is 37.5. The van der Waals surface area contributed by atoms with Crippen molar-refractivity contribution in [3.05, 3.63) is 78.4 Å². The fourth-order valence-electron chi connectivity index (χ4n) is 3.42. The zero-order chi connectivity index (χ0) is 25.7. The van der Waals surface area contributed by atoms with Crippen molar-refractivity contribution < 1.29 is 22.7 Å². The number of aromatic nitrogens is 2. The van der Waals surface area contributed by atoms with Crippen LogP contribution in [0.15, 0.2) is 87.7 Å². The molecule has 1 heterocycles. The number of nitrogens with one attached hydrogen (secondary N) is 2. The lowest BCUT2D eigenvalue weighted by atomic mass is 10.2. The van der Waals surface area contributed by atoms with Gasteiger partial charge in [-0.3, -0.25) is 4.79 Å². The summed E-state index contributed by atoms with van der Waals surface area (Å²) in [6, 6.07) is 20.9. The highest BCUT2D eigenvalue weighted by Crippen LogP contribution is 2.33. The van der Waals surface area contributed by atoms with Gasteiger partial charge in [-0.15, -0.1) is 0 Å². The first-order valence-corrected chi connectivity index (χ1v) is 13.4. The number of nitrogens with zero attached hydrogens (tertiary/aromatic N) is 1. The monoisotopic (exact) mass is 523 g/mol. The van der Waals surface area contributed by atoms with E-state index in [0.717, 1.165) is 22.9 Å². The van der Waals surface area contributed by atoms with Crippen LogP contribution >= 0.6 is 11.8 Å². The number of carbonyl (C=O) groups is 1. The molecule has 4 aromatic rings. The largest absolute Gasteiger partial charge is 0.497 e. The maximum Gasteiger partial charge on any atom is 0.234 e. The summed E-state index contributed by atoms with van der Waals surface area (Å²) in [7, 11) is -0.875. The zero-order valence-electron chi connectivity index (χ0n) is 19.9. The van der Waals surface area contributed by atoms with Crippen LogP contribution in [0.2, 0.25) is 0 Å². The Morgan fingerprint density at radius 3 is 2.39 bits per heavy atom. The number of methoxy groups -OCH3 is 2. The molecule has 0 radical (unpaired) electrons.